The minimum Gasteiger partial charge on any atom is -0.397 e. The molecule has 2 aliphatic rings. The van der Waals surface area contributed by atoms with E-state index in [-0.39, 0.29) is 23.5 Å². The van der Waals surface area contributed by atoms with Crippen LogP contribution < -0.4 is 0 Å². The van der Waals surface area contributed by atoms with Crippen molar-refractivity contribution in [1.82, 2.24) is 0 Å². The second-order valence-electron chi connectivity index (χ2n) is 5.63. The van der Waals surface area contributed by atoms with E-state index in [4.69, 9.17) is 5.11 Å². The number of hydrogen-bond donors (Lipinski definition) is 2. The monoisotopic (exact) mass is 200 g/mol. The smallest absolute Gasteiger partial charge is 0.0647 e. The average Bonchev–Trinajstić information content (AvgIpc) is 2.54. The molecule has 0 aromatic heterocycles. The summed E-state index contributed by atoms with van der Waals surface area (Å²) in [6.45, 7) is 8.60. The third-order valence-corrected chi connectivity index (χ3v) is 4.19. The predicted octanol–water partition coefficient (Wildman–Crippen LogP) is 2.19. The summed E-state index contributed by atoms with van der Waals surface area (Å²) in [5.74, 6) is 0.780. The third-order valence-electron chi connectivity index (χ3n) is 4.19. The Morgan fingerprint density at radius 3 is 2.00 bits per heavy atom. The van der Waals surface area contributed by atoms with Crippen molar-refractivity contribution >= 4 is 0 Å². The normalized spacial score (nSPS) is 43.3. The molecule has 2 N–H and O–H groups in total. The number of hydrogen-bond acceptors (Lipinski definition) is 2. The van der Waals surface area contributed by atoms with Gasteiger partial charge in [0, 0.05) is 6.61 Å². The van der Waals surface area contributed by atoms with E-state index in [1.165, 1.54) is 19.3 Å². The Labute approximate surface area is 87.3 Å². The van der Waals surface area contributed by atoms with Gasteiger partial charge in [-0.25, -0.2) is 0 Å². The molecular weight excluding hydrogens is 176 g/mol. The molecule has 2 aliphatic carbocycles. The highest BCUT2D eigenvalue weighted by Crippen LogP contribution is 2.62. The average molecular weight is 200 g/mol. The summed E-state index contributed by atoms with van der Waals surface area (Å²) in [4.78, 5) is 0. The Bertz CT molecular complexity index is 196. The summed E-state index contributed by atoms with van der Waals surface area (Å²) in [7, 11) is 0. The van der Waals surface area contributed by atoms with Crippen LogP contribution in [0.2, 0.25) is 0 Å². The van der Waals surface area contributed by atoms with Crippen LogP contribution in [0.1, 0.15) is 47.0 Å². The number of fused-ring (bicyclic) bond motifs is 2. The summed E-state index contributed by atoms with van der Waals surface area (Å²) >= 11 is 0. The Morgan fingerprint density at radius 2 is 1.79 bits per heavy atom. The number of aliphatic hydroxyl groups is 2. The van der Waals surface area contributed by atoms with Gasteiger partial charge < -0.3 is 10.2 Å². The molecule has 2 bridgehead atoms. The maximum atomic E-state index is 10.0. The van der Waals surface area contributed by atoms with Crippen molar-refractivity contribution in [3.8, 4) is 0 Å². The lowest BCUT2D eigenvalue weighted by Crippen LogP contribution is -2.39. The Kier molecular flexibility index (Phi) is 3.27. The first kappa shape index (κ1) is 12.0. The molecule has 0 saturated heterocycles. The fourth-order valence-electron chi connectivity index (χ4n) is 3.28. The molecular formula is C12H24O2. The van der Waals surface area contributed by atoms with E-state index in [1.807, 2.05) is 0 Å². The van der Waals surface area contributed by atoms with Crippen LogP contribution >= 0.6 is 0 Å². The predicted molar refractivity (Wildman–Crippen MR) is 58.0 cm³/mol. The molecule has 0 aromatic rings. The van der Waals surface area contributed by atoms with Crippen molar-refractivity contribution in [1.29, 1.82) is 0 Å². The molecule has 0 heterocycles. The molecule has 84 valence electrons. The number of aliphatic hydroxyl groups excluding tert-OH is 2. The highest BCUT2D eigenvalue weighted by atomic mass is 16.3. The summed E-state index contributed by atoms with van der Waals surface area (Å²) in [5.41, 5.74) is 0.446. The molecule has 14 heavy (non-hydrogen) atoms. The minimum absolute atomic E-state index is 0.0613. The largest absolute Gasteiger partial charge is 0.397 e. The maximum absolute atomic E-state index is 10.0. The van der Waals surface area contributed by atoms with Gasteiger partial charge in [-0.05, 0) is 42.9 Å². The van der Waals surface area contributed by atoms with Crippen LogP contribution in [-0.2, 0) is 0 Å². The fourth-order valence-corrected chi connectivity index (χ4v) is 3.28. The Hall–Kier alpha value is -0.0800. The molecule has 2 rings (SSSR count). The van der Waals surface area contributed by atoms with Gasteiger partial charge in [-0.1, -0.05) is 20.8 Å². The van der Waals surface area contributed by atoms with Gasteiger partial charge in [0.05, 0.1) is 6.10 Å². The zero-order chi connectivity index (χ0) is 11.0. The minimum atomic E-state index is -0.0613. The first-order valence-electron chi connectivity index (χ1n) is 5.67. The lowest BCUT2D eigenvalue weighted by molar-refractivity contribution is -0.0340. The van der Waals surface area contributed by atoms with E-state index in [1.54, 1.807) is 6.92 Å². The van der Waals surface area contributed by atoms with Crippen molar-refractivity contribution < 1.29 is 10.2 Å². The molecule has 1 unspecified atom stereocenters. The first-order chi connectivity index (χ1) is 6.38. The molecule has 3 atom stereocenters. The number of rotatable bonds is 0. The van der Waals surface area contributed by atoms with Gasteiger partial charge in [0.25, 0.3) is 0 Å². The molecule has 2 nitrogen and oxygen atoms in total. The van der Waals surface area contributed by atoms with Crippen LogP contribution in [0, 0.1) is 16.7 Å². The highest BCUT2D eigenvalue weighted by Gasteiger charge is 2.58. The van der Waals surface area contributed by atoms with E-state index in [2.05, 4.69) is 20.8 Å². The van der Waals surface area contributed by atoms with E-state index in [9.17, 15) is 5.11 Å². The van der Waals surface area contributed by atoms with Crippen LogP contribution in [0.4, 0.5) is 0 Å². The molecule has 0 radical (unpaired) electrons. The summed E-state index contributed by atoms with van der Waals surface area (Å²) in [6, 6.07) is 0. The molecule has 0 aromatic carbocycles. The third kappa shape index (κ3) is 1.70. The quantitative estimate of drug-likeness (QED) is 0.629. The molecule has 0 spiro atoms. The van der Waals surface area contributed by atoms with E-state index < -0.39 is 0 Å². The zero-order valence-corrected chi connectivity index (χ0v) is 9.88. The van der Waals surface area contributed by atoms with Crippen molar-refractivity contribution in [3.63, 3.8) is 0 Å². The Balaban J connectivity index is 0.000000293. The second kappa shape index (κ2) is 3.82. The topological polar surface area (TPSA) is 40.5 Å². The Morgan fingerprint density at radius 1 is 1.29 bits per heavy atom. The molecule has 2 saturated carbocycles. The lowest BCUT2D eigenvalue weighted by atomic mass is 9.70. The van der Waals surface area contributed by atoms with Crippen LogP contribution in [-0.4, -0.2) is 22.9 Å². The van der Waals surface area contributed by atoms with Gasteiger partial charge in [0.15, 0.2) is 0 Å². The van der Waals surface area contributed by atoms with Crippen molar-refractivity contribution in [2.75, 3.05) is 6.61 Å². The van der Waals surface area contributed by atoms with E-state index >= 15 is 0 Å². The van der Waals surface area contributed by atoms with Gasteiger partial charge in [-0.3, -0.25) is 0 Å². The fraction of sp³-hybridized carbons (Fsp3) is 1.00. The molecule has 2 fully saturated rings. The zero-order valence-electron chi connectivity index (χ0n) is 9.88. The van der Waals surface area contributed by atoms with E-state index in [0.29, 0.717) is 0 Å². The molecule has 0 aliphatic heterocycles. The standard InChI is InChI=1S/C10H18O.C2H6O/c1-9(2)7-4-5-10(3,6-7)8(9)11;1-2-3/h7-8,11H,4-6H2,1-3H3;3H,2H2,1H3/t7-,8?,10+;/m1./s1. The van der Waals surface area contributed by atoms with Crippen molar-refractivity contribution in [2.45, 2.75) is 53.1 Å². The van der Waals surface area contributed by atoms with Gasteiger partial charge in [0.1, 0.15) is 0 Å². The summed E-state index contributed by atoms with van der Waals surface area (Å²) < 4.78 is 0. The maximum Gasteiger partial charge on any atom is 0.0647 e. The van der Waals surface area contributed by atoms with Gasteiger partial charge in [-0.2, -0.15) is 0 Å². The van der Waals surface area contributed by atoms with Crippen molar-refractivity contribution in [3.05, 3.63) is 0 Å². The van der Waals surface area contributed by atoms with Crippen molar-refractivity contribution in [2.24, 2.45) is 16.7 Å². The SMILES string of the molecule is CC1(C)C(O)[C@@]2(C)CC[C@@H]1C2.CCO. The van der Waals surface area contributed by atoms with Gasteiger partial charge in [-0.15, -0.1) is 0 Å². The highest BCUT2D eigenvalue weighted by molar-refractivity contribution is 5.08. The first-order valence-corrected chi connectivity index (χ1v) is 5.67. The van der Waals surface area contributed by atoms with Crippen LogP contribution in [0.3, 0.4) is 0 Å². The molecule has 0 amide bonds. The second-order valence-corrected chi connectivity index (χ2v) is 5.63. The van der Waals surface area contributed by atoms with Crippen LogP contribution in [0.25, 0.3) is 0 Å². The summed E-state index contributed by atoms with van der Waals surface area (Å²) in [6.07, 6.45) is 3.76. The lowest BCUT2D eigenvalue weighted by Gasteiger charge is -2.38. The van der Waals surface area contributed by atoms with Crippen LogP contribution in [0.15, 0.2) is 0 Å². The summed E-state index contributed by atoms with van der Waals surface area (Å²) in [5, 5.41) is 17.6. The van der Waals surface area contributed by atoms with Gasteiger partial charge >= 0.3 is 0 Å². The van der Waals surface area contributed by atoms with Crippen LogP contribution in [0.5, 0.6) is 0 Å². The molecule has 2 heteroatoms. The van der Waals surface area contributed by atoms with E-state index in [0.717, 1.165) is 5.92 Å². The van der Waals surface area contributed by atoms with Gasteiger partial charge in [0.2, 0.25) is 0 Å².